The molecule has 4 nitrogen and oxygen atoms in total. The molecule has 3 aromatic rings. The van der Waals surface area contributed by atoms with E-state index >= 15 is 0 Å². The zero-order valence-electron chi connectivity index (χ0n) is 14.9. The lowest BCUT2D eigenvalue weighted by Crippen LogP contribution is -2.13. The Kier molecular flexibility index (Phi) is 5.58. The normalized spacial score (nSPS) is 11.1. The summed E-state index contributed by atoms with van der Waals surface area (Å²) in [7, 11) is 0. The van der Waals surface area contributed by atoms with Gasteiger partial charge in [-0.3, -0.25) is 4.79 Å². The van der Waals surface area contributed by atoms with Crippen LogP contribution in [0.3, 0.4) is 0 Å². The van der Waals surface area contributed by atoms with Gasteiger partial charge < -0.3 is 9.73 Å². The Morgan fingerprint density at radius 1 is 1.07 bits per heavy atom. The van der Waals surface area contributed by atoms with E-state index in [4.69, 9.17) is 4.42 Å². The van der Waals surface area contributed by atoms with Gasteiger partial charge in [0.25, 0.3) is 5.91 Å². The fraction of sp³-hybridized carbons (Fsp3) is 0.0909. The molecular formula is C22H17BrN2O2. The van der Waals surface area contributed by atoms with Crippen molar-refractivity contribution in [2.45, 2.75) is 13.8 Å². The lowest BCUT2D eigenvalue weighted by molar-refractivity contribution is -0.112. The molecule has 0 radical (unpaired) electrons. The Hall–Kier alpha value is -3.10. The first-order chi connectivity index (χ1) is 13.0. The van der Waals surface area contributed by atoms with E-state index in [2.05, 4.69) is 21.2 Å². The SMILES string of the molecule is Cc1ccc(NC(=O)/C(C#N)=C/c2ccc(-c3ccc(C)cc3Br)o2)cc1. The second-order valence-electron chi connectivity index (χ2n) is 6.18. The third-order valence-electron chi connectivity index (χ3n) is 3.98. The Morgan fingerprint density at radius 2 is 1.78 bits per heavy atom. The van der Waals surface area contributed by atoms with E-state index in [0.717, 1.165) is 21.2 Å². The van der Waals surface area contributed by atoms with Crippen molar-refractivity contribution in [3.63, 3.8) is 0 Å². The van der Waals surface area contributed by atoms with Crippen LogP contribution in [-0.4, -0.2) is 5.91 Å². The van der Waals surface area contributed by atoms with Gasteiger partial charge in [-0.1, -0.05) is 39.7 Å². The highest BCUT2D eigenvalue weighted by Crippen LogP contribution is 2.31. The van der Waals surface area contributed by atoms with Crippen molar-refractivity contribution in [2.75, 3.05) is 5.32 Å². The molecule has 27 heavy (non-hydrogen) atoms. The number of benzene rings is 2. The molecular weight excluding hydrogens is 404 g/mol. The van der Waals surface area contributed by atoms with Gasteiger partial charge in [0.1, 0.15) is 23.2 Å². The number of nitrogens with one attached hydrogen (secondary N) is 1. The third-order valence-corrected chi connectivity index (χ3v) is 4.63. The maximum absolute atomic E-state index is 12.4. The quantitative estimate of drug-likeness (QED) is 0.423. The van der Waals surface area contributed by atoms with Crippen LogP contribution in [-0.2, 0) is 4.79 Å². The van der Waals surface area contributed by atoms with E-state index in [1.54, 1.807) is 18.2 Å². The fourth-order valence-corrected chi connectivity index (χ4v) is 3.21. The molecule has 5 heteroatoms. The predicted octanol–water partition coefficient (Wildman–Crippen LogP) is 5.87. The summed E-state index contributed by atoms with van der Waals surface area (Å²) < 4.78 is 6.72. The topological polar surface area (TPSA) is 66.0 Å². The second kappa shape index (κ2) is 8.07. The predicted molar refractivity (Wildman–Crippen MR) is 110 cm³/mol. The summed E-state index contributed by atoms with van der Waals surface area (Å²) in [6.07, 6.45) is 1.44. The molecule has 0 spiro atoms. The highest BCUT2D eigenvalue weighted by Gasteiger charge is 2.12. The van der Waals surface area contributed by atoms with E-state index in [9.17, 15) is 10.1 Å². The number of hydrogen-bond donors (Lipinski definition) is 1. The summed E-state index contributed by atoms with van der Waals surface area (Å²) >= 11 is 3.53. The maximum atomic E-state index is 12.4. The number of aryl methyl sites for hydroxylation is 2. The van der Waals surface area contributed by atoms with Crippen molar-refractivity contribution in [3.8, 4) is 17.4 Å². The minimum atomic E-state index is -0.476. The molecule has 0 bridgehead atoms. The van der Waals surface area contributed by atoms with Crippen LogP contribution in [0.1, 0.15) is 16.9 Å². The fourth-order valence-electron chi connectivity index (χ4n) is 2.52. The third kappa shape index (κ3) is 4.55. The number of anilines is 1. The van der Waals surface area contributed by atoms with Crippen molar-refractivity contribution in [1.29, 1.82) is 5.26 Å². The molecule has 3 rings (SSSR count). The monoisotopic (exact) mass is 420 g/mol. The van der Waals surface area contributed by atoms with Crippen molar-refractivity contribution in [1.82, 2.24) is 0 Å². The van der Waals surface area contributed by atoms with Crippen LogP contribution in [0.5, 0.6) is 0 Å². The molecule has 1 amide bonds. The smallest absolute Gasteiger partial charge is 0.266 e. The molecule has 2 aromatic carbocycles. The van der Waals surface area contributed by atoms with Crippen molar-refractivity contribution in [2.24, 2.45) is 0 Å². The average molecular weight is 421 g/mol. The van der Waals surface area contributed by atoms with Crippen LogP contribution in [0.15, 0.2) is 69.1 Å². The van der Waals surface area contributed by atoms with E-state index in [1.165, 1.54) is 6.08 Å². The van der Waals surface area contributed by atoms with Gasteiger partial charge in [0.05, 0.1) is 0 Å². The van der Waals surface area contributed by atoms with Crippen LogP contribution >= 0.6 is 15.9 Å². The average Bonchev–Trinajstić information content (AvgIpc) is 3.09. The van der Waals surface area contributed by atoms with Gasteiger partial charge >= 0.3 is 0 Å². The molecule has 1 aromatic heterocycles. The van der Waals surface area contributed by atoms with E-state index in [-0.39, 0.29) is 5.57 Å². The molecule has 0 aliphatic heterocycles. The Morgan fingerprint density at radius 3 is 2.44 bits per heavy atom. The maximum Gasteiger partial charge on any atom is 0.266 e. The zero-order valence-corrected chi connectivity index (χ0v) is 16.5. The minimum Gasteiger partial charge on any atom is -0.457 e. The molecule has 134 valence electrons. The Labute approximate surface area is 166 Å². The minimum absolute atomic E-state index is 0.0283. The molecule has 1 heterocycles. The number of carbonyl (C=O) groups excluding carboxylic acids is 1. The lowest BCUT2D eigenvalue weighted by Gasteiger charge is -2.04. The molecule has 0 atom stereocenters. The summed E-state index contributed by atoms with van der Waals surface area (Å²) in [6, 6.07) is 18.8. The number of hydrogen-bond acceptors (Lipinski definition) is 3. The Balaban J connectivity index is 1.82. The van der Waals surface area contributed by atoms with E-state index < -0.39 is 5.91 Å². The summed E-state index contributed by atoms with van der Waals surface area (Å²) in [4.78, 5) is 12.4. The summed E-state index contributed by atoms with van der Waals surface area (Å²) in [6.45, 7) is 3.98. The van der Waals surface area contributed by atoms with Crippen LogP contribution in [0.25, 0.3) is 17.4 Å². The molecule has 0 aliphatic carbocycles. The second-order valence-corrected chi connectivity index (χ2v) is 7.03. The highest BCUT2D eigenvalue weighted by molar-refractivity contribution is 9.10. The molecule has 0 unspecified atom stereocenters. The van der Waals surface area contributed by atoms with E-state index in [1.807, 2.05) is 56.3 Å². The molecule has 0 aliphatic rings. The van der Waals surface area contributed by atoms with Crippen molar-refractivity contribution in [3.05, 3.63) is 81.5 Å². The highest BCUT2D eigenvalue weighted by atomic mass is 79.9. The molecule has 0 saturated carbocycles. The lowest BCUT2D eigenvalue weighted by atomic mass is 10.1. The summed E-state index contributed by atoms with van der Waals surface area (Å²) in [5.41, 5.74) is 3.74. The van der Waals surface area contributed by atoms with Crippen molar-refractivity contribution >= 4 is 33.6 Å². The molecule has 0 saturated heterocycles. The first-order valence-corrected chi connectivity index (χ1v) is 9.12. The number of nitriles is 1. The van der Waals surface area contributed by atoms with Gasteiger partial charge in [0.15, 0.2) is 0 Å². The summed E-state index contributed by atoms with van der Waals surface area (Å²) in [5, 5.41) is 12.1. The number of amides is 1. The standard InChI is InChI=1S/C22H17BrN2O2/c1-14-3-6-17(7-4-14)25-22(26)16(13-24)12-18-8-10-21(27-18)19-9-5-15(2)11-20(19)23/h3-12H,1-2H3,(H,25,26)/b16-12+. The van der Waals surface area contributed by atoms with Gasteiger partial charge in [-0.2, -0.15) is 5.26 Å². The van der Waals surface area contributed by atoms with Crippen LogP contribution in [0.2, 0.25) is 0 Å². The molecule has 1 N–H and O–H groups in total. The first kappa shape index (κ1) is 18.7. The van der Waals surface area contributed by atoms with Gasteiger partial charge in [-0.15, -0.1) is 0 Å². The van der Waals surface area contributed by atoms with Gasteiger partial charge in [0.2, 0.25) is 0 Å². The number of carbonyl (C=O) groups is 1. The van der Waals surface area contributed by atoms with Crippen LogP contribution in [0.4, 0.5) is 5.69 Å². The Bertz CT molecular complexity index is 1060. The van der Waals surface area contributed by atoms with Crippen LogP contribution in [0, 0.1) is 25.2 Å². The van der Waals surface area contributed by atoms with Gasteiger partial charge in [0, 0.05) is 21.8 Å². The zero-order chi connectivity index (χ0) is 19.4. The number of furan rings is 1. The van der Waals surface area contributed by atoms with Gasteiger partial charge in [-0.05, 0) is 55.8 Å². The van der Waals surface area contributed by atoms with Gasteiger partial charge in [-0.25, -0.2) is 0 Å². The number of halogens is 1. The largest absolute Gasteiger partial charge is 0.457 e. The van der Waals surface area contributed by atoms with Crippen molar-refractivity contribution < 1.29 is 9.21 Å². The van der Waals surface area contributed by atoms with Crippen LogP contribution < -0.4 is 5.32 Å². The first-order valence-electron chi connectivity index (χ1n) is 8.32. The molecule has 0 fully saturated rings. The summed E-state index contributed by atoms with van der Waals surface area (Å²) in [5.74, 6) is 0.619. The number of nitrogens with zero attached hydrogens (tertiary/aromatic N) is 1. The van der Waals surface area contributed by atoms with E-state index in [0.29, 0.717) is 17.2 Å². The number of rotatable bonds is 4.